The Hall–Kier alpha value is 1.50. The van der Waals surface area contributed by atoms with E-state index in [-0.39, 0.29) is 42.0 Å². The standard InChI is InChI=1S/ClHO2.ClH.Na.H/c1-3-2;;;/h2H;1H;;. The van der Waals surface area contributed by atoms with Gasteiger partial charge in [-0.1, -0.05) is 0 Å². The molecule has 0 heterocycles. The van der Waals surface area contributed by atoms with Crippen LogP contribution in [-0.4, -0.2) is 34.8 Å². The molecular formula is H3Cl2NaO2. The normalized spacial score (nSPS) is 3.60. The van der Waals surface area contributed by atoms with Crippen molar-refractivity contribution in [2.24, 2.45) is 0 Å². The van der Waals surface area contributed by atoms with Gasteiger partial charge in [0.15, 0.2) is 0 Å². The summed E-state index contributed by atoms with van der Waals surface area (Å²) in [4.78, 5) is 0. The molecule has 0 aliphatic carbocycles. The van der Waals surface area contributed by atoms with Gasteiger partial charge >= 0.3 is 29.6 Å². The van der Waals surface area contributed by atoms with Crippen LogP contribution in [0.4, 0.5) is 0 Å². The van der Waals surface area contributed by atoms with Crippen molar-refractivity contribution in [2.45, 2.75) is 0 Å². The van der Waals surface area contributed by atoms with Gasteiger partial charge < -0.3 is 0 Å². The fourth-order valence-corrected chi connectivity index (χ4v) is 0. The Balaban J connectivity index is -0.0000000200. The van der Waals surface area contributed by atoms with E-state index < -0.39 is 0 Å². The third-order valence-electron chi connectivity index (χ3n) is 0. The predicted molar refractivity (Wildman–Crippen MR) is 24.0 cm³/mol. The summed E-state index contributed by atoms with van der Waals surface area (Å²) < 4.78 is 2.72. The van der Waals surface area contributed by atoms with Gasteiger partial charge in [0.2, 0.25) is 0 Å². The van der Waals surface area contributed by atoms with Crippen molar-refractivity contribution in [1.82, 2.24) is 0 Å². The van der Waals surface area contributed by atoms with Gasteiger partial charge in [-0.2, -0.15) is 0 Å². The average Bonchev–Trinajstić information content (AvgIpc) is 0.918. The van der Waals surface area contributed by atoms with Crippen LogP contribution in [0.25, 0.3) is 0 Å². The number of hydrogen-bond acceptors (Lipinski definition) is 2. The van der Waals surface area contributed by atoms with Crippen LogP contribution >= 0.6 is 24.3 Å². The Morgan fingerprint density at radius 2 is 1.60 bits per heavy atom. The summed E-state index contributed by atoms with van der Waals surface area (Å²) in [5.41, 5.74) is 0. The topological polar surface area (TPSA) is 29.5 Å². The molecule has 1 N–H and O–H groups in total. The molecule has 0 aromatic carbocycles. The zero-order valence-electron chi connectivity index (χ0n) is 1.64. The van der Waals surface area contributed by atoms with Crippen LogP contribution in [0, 0.1) is 0 Å². The monoisotopic (exact) mass is 128 g/mol. The predicted octanol–water partition coefficient (Wildman–Crippen LogP) is 0.403. The van der Waals surface area contributed by atoms with Crippen molar-refractivity contribution in [2.75, 3.05) is 0 Å². The van der Waals surface area contributed by atoms with E-state index >= 15 is 0 Å². The van der Waals surface area contributed by atoms with Gasteiger partial charge in [-0.15, -0.1) is 16.8 Å². The van der Waals surface area contributed by atoms with Crippen molar-refractivity contribution in [3.05, 3.63) is 0 Å². The first-order chi connectivity index (χ1) is 1.41. The molecule has 0 aliphatic rings. The zero-order chi connectivity index (χ0) is 2.71. The molecule has 5 heteroatoms. The Labute approximate surface area is 63.3 Å². The first-order valence-corrected chi connectivity index (χ1v) is 0.645. The Morgan fingerprint density at radius 3 is 1.60 bits per heavy atom. The summed E-state index contributed by atoms with van der Waals surface area (Å²) >= 11 is 4.05. The summed E-state index contributed by atoms with van der Waals surface area (Å²) in [6.07, 6.45) is 0. The van der Waals surface area contributed by atoms with Crippen LogP contribution in [-0.2, 0) is 4.44 Å². The van der Waals surface area contributed by atoms with Crippen LogP contribution < -0.4 is 0 Å². The Bertz CT molecular complexity index is 7.61. The van der Waals surface area contributed by atoms with Crippen molar-refractivity contribution in [3.8, 4) is 0 Å². The van der Waals surface area contributed by atoms with Crippen LogP contribution in [0.1, 0.15) is 0 Å². The molecule has 0 saturated heterocycles. The number of halogens is 2. The fourth-order valence-electron chi connectivity index (χ4n) is 0. The van der Waals surface area contributed by atoms with Gasteiger partial charge in [-0.25, -0.2) is 5.26 Å². The summed E-state index contributed by atoms with van der Waals surface area (Å²) in [5.74, 6) is 0. The van der Waals surface area contributed by atoms with Crippen molar-refractivity contribution >= 4 is 53.8 Å². The molecular weight excluding hydrogens is 126 g/mol. The van der Waals surface area contributed by atoms with Crippen molar-refractivity contribution < 1.29 is 9.70 Å². The fraction of sp³-hybridized carbons (Fsp3) is 0. The van der Waals surface area contributed by atoms with E-state index in [9.17, 15) is 0 Å². The van der Waals surface area contributed by atoms with E-state index in [1.165, 1.54) is 0 Å². The zero-order valence-corrected chi connectivity index (χ0v) is 3.21. The minimum atomic E-state index is 0. The maximum atomic E-state index is 6.83. The Morgan fingerprint density at radius 1 is 1.60 bits per heavy atom. The molecule has 5 heavy (non-hydrogen) atoms. The second-order valence-electron chi connectivity index (χ2n) is 0.0690. The van der Waals surface area contributed by atoms with E-state index in [1.807, 2.05) is 0 Å². The molecule has 30 valence electrons. The third kappa shape index (κ3) is 29.9. The van der Waals surface area contributed by atoms with Crippen molar-refractivity contribution in [3.63, 3.8) is 0 Å². The van der Waals surface area contributed by atoms with Gasteiger partial charge in [0, 0.05) is 0 Å². The molecule has 0 spiro atoms. The third-order valence-corrected chi connectivity index (χ3v) is 0. The second kappa shape index (κ2) is 17.8. The molecule has 0 amide bonds. The van der Waals surface area contributed by atoms with Crippen LogP contribution in [0.2, 0.25) is 0 Å². The summed E-state index contributed by atoms with van der Waals surface area (Å²) in [7, 11) is 0. The molecule has 0 radical (unpaired) electrons. The molecule has 0 aromatic heterocycles. The molecule has 0 aromatic rings. The molecule has 2 nitrogen and oxygen atoms in total. The first kappa shape index (κ1) is 16.1. The van der Waals surface area contributed by atoms with Crippen LogP contribution in [0.5, 0.6) is 0 Å². The van der Waals surface area contributed by atoms with Gasteiger partial charge in [-0.3, -0.25) is 0 Å². The Kier molecular flexibility index (Phi) is 57.2. The quantitative estimate of drug-likeness (QED) is 0.291. The minimum absolute atomic E-state index is 0. The molecule has 0 fully saturated rings. The molecule has 0 aliphatic heterocycles. The van der Waals surface area contributed by atoms with Gasteiger partial charge in [0.25, 0.3) is 0 Å². The van der Waals surface area contributed by atoms with Gasteiger partial charge in [0.05, 0.1) is 11.9 Å². The molecule has 0 atom stereocenters. The maximum absolute atomic E-state index is 6.83. The van der Waals surface area contributed by atoms with E-state index in [4.69, 9.17) is 5.26 Å². The molecule has 0 unspecified atom stereocenters. The second-order valence-corrected chi connectivity index (χ2v) is 0.207. The van der Waals surface area contributed by atoms with E-state index in [2.05, 4.69) is 16.3 Å². The van der Waals surface area contributed by atoms with E-state index in [1.54, 1.807) is 0 Å². The van der Waals surface area contributed by atoms with Gasteiger partial charge in [-0.05, 0) is 0 Å². The number of rotatable bonds is 0. The van der Waals surface area contributed by atoms with Gasteiger partial charge in [0.1, 0.15) is 0 Å². The molecule has 0 bridgehead atoms. The van der Waals surface area contributed by atoms with Crippen LogP contribution in [0.15, 0.2) is 0 Å². The SMILES string of the molecule is Cl.OOCl.[NaH]. The summed E-state index contributed by atoms with van der Waals surface area (Å²) in [6, 6.07) is 0. The number of hydrogen-bond donors (Lipinski definition) is 1. The average molecular weight is 129 g/mol. The summed E-state index contributed by atoms with van der Waals surface area (Å²) in [5, 5.41) is 6.83. The molecule has 0 rings (SSSR count). The summed E-state index contributed by atoms with van der Waals surface area (Å²) in [6.45, 7) is 0. The van der Waals surface area contributed by atoms with Crippen LogP contribution in [0.3, 0.4) is 0 Å². The van der Waals surface area contributed by atoms with Crippen molar-refractivity contribution in [1.29, 1.82) is 0 Å². The first-order valence-electron chi connectivity index (χ1n) is 0.337. The van der Waals surface area contributed by atoms with E-state index in [0.29, 0.717) is 0 Å². The van der Waals surface area contributed by atoms with E-state index in [0.717, 1.165) is 0 Å². The molecule has 0 saturated carbocycles.